The fourth-order valence-corrected chi connectivity index (χ4v) is 1.87. The van der Waals surface area contributed by atoms with Crippen LogP contribution < -0.4 is 10.1 Å². The van der Waals surface area contributed by atoms with E-state index in [1.54, 1.807) is 18.2 Å². The standard InChI is InChI=1S/C19H21F3N2O3/c1-3-5-7-15(4-2)14-26-24-13-18(25)23-11-10-16-8-6-9-17(12-16)27-19(20,21)22/h3-9,12-13H,2,10-11,14H2,1H3,(H,23,25)/b5-3-,15-7+,24-13+. The number of nitrogens with one attached hydrogen (secondary N) is 1. The van der Waals surface area contributed by atoms with Gasteiger partial charge in [0.05, 0.1) is 0 Å². The zero-order chi connectivity index (χ0) is 20.1. The van der Waals surface area contributed by atoms with Gasteiger partial charge in [-0.1, -0.05) is 48.2 Å². The van der Waals surface area contributed by atoms with Gasteiger partial charge in [-0.3, -0.25) is 4.79 Å². The number of carbonyl (C=O) groups is 1. The molecule has 1 aromatic carbocycles. The molecule has 0 heterocycles. The van der Waals surface area contributed by atoms with E-state index in [1.807, 2.05) is 19.1 Å². The van der Waals surface area contributed by atoms with Crippen LogP contribution in [0.25, 0.3) is 0 Å². The van der Waals surface area contributed by atoms with Crippen molar-refractivity contribution in [3.05, 3.63) is 66.3 Å². The Morgan fingerprint density at radius 2 is 2.15 bits per heavy atom. The van der Waals surface area contributed by atoms with Crippen molar-refractivity contribution in [2.24, 2.45) is 5.16 Å². The fourth-order valence-electron chi connectivity index (χ4n) is 1.87. The van der Waals surface area contributed by atoms with Gasteiger partial charge in [0.1, 0.15) is 18.6 Å². The predicted octanol–water partition coefficient (Wildman–Crippen LogP) is 3.93. The van der Waals surface area contributed by atoms with Gasteiger partial charge in [-0.15, -0.1) is 13.2 Å². The van der Waals surface area contributed by atoms with E-state index in [0.717, 1.165) is 11.8 Å². The average molecular weight is 382 g/mol. The van der Waals surface area contributed by atoms with Crippen LogP contribution in [0.15, 0.2) is 65.9 Å². The number of hydrogen-bond acceptors (Lipinski definition) is 4. The summed E-state index contributed by atoms with van der Waals surface area (Å²) in [5, 5.41) is 6.11. The smallest absolute Gasteiger partial charge is 0.406 e. The van der Waals surface area contributed by atoms with Crippen molar-refractivity contribution in [1.82, 2.24) is 5.32 Å². The Labute approximate surface area is 155 Å². The third kappa shape index (κ3) is 10.5. The summed E-state index contributed by atoms with van der Waals surface area (Å²) in [6.45, 7) is 5.91. The van der Waals surface area contributed by atoms with Crippen LogP contribution in [0.1, 0.15) is 12.5 Å². The van der Waals surface area contributed by atoms with Crippen molar-refractivity contribution in [3.63, 3.8) is 0 Å². The number of nitrogens with zero attached hydrogens (tertiary/aromatic N) is 1. The van der Waals surface area contributed by atoms with E-state index in [9.17, 15) is 18.0 Å². The van der Waals surface area contributed by atoms with Crippen molar-refractivity contribution in [2.75, 3.05) is 13.2 Å². The minimum Gasteiger partial charge on any atom is -0.406 e. The number of carbonyl (C=O) groups excluding carboxylic acids is 1. The number of hydrogen-bond donors (Lipinski definition) is 1. The summed E-state index contributed by atoms with van der Waals surface area (Å²) in [6.07, 6.45) is 3.68. The predicted molar refractivity (Wildman–Crippen MR) is 97.4 cm³/mol. The fraction of sp³-hybridized carbons (Fsp3) is 0.263. The number of alkyl halides is 3. The molecule has 0 bridgehead atoms. The maximum atomic E-state index is 12.2. The molecule has 1 N–H and O–H groups in total. The van der Waals surface area contributed by atoms with E-state index in [-0.39, 0.29) is 18.9 Å². The Hall–Kier alpha value is -3.03. The zero-order valence-electron chi connectivity index (χ0n) is 14.8. The molecule has 0 aliphatic rings. The maximum Gasteiger partial charge on any atom is 0.573 e. The molecule has 146 valence electrons. The van der Waals surface area contributed by atoms with E-state index in [1.165, 1.54) is 18.2 Å². The molecule has 0 atom stereocenters. The molecule has 1 aromatic rings. The van der Waals surface area contributed by atoms with Crippen molar-refractivity contribution in [1.29, 1.82) is 0 Å². The van der Waals surface area contributed by atoms with Gasteiger partial charge in [-0.25, -0.2) is 0 Å². The van der Waals surface area contributed by atoms with Crippen LogP contribution in [0.4, 0.5) is 13.2 Å². The normalized spacial score (nSPS) is 12.4. The Morgan fingerprint density at radius 3 is 2.81 bits per heavy atom. The van der Waals surface area contributed by atoms with E-state index < -0.39 is 12.3 Å². The molecule has 0 aliphatic heterocycles. The molecule has 27 heavy (non-hydrogen) atoms. The molecule has 5 nitrogen and oxygen atoms in total. The number of allylic oxidation sites excluding steroid dienone is 3. The van der Waals surface area contributed by atoms with Crippen LogP contribution in [0.3, 0.4) is 0 Å². The lowest BCUT2D eigenvalue weighted by Gasteiger charge is -2.10. The molecule has 8 heteroatoms. The van der Waals surface area contributed by atoms with Gasteiger partial charge in [-0.05, 0) is 36.6 Å². The van der Waals surface area contributed by atoms with Crippen LogP contribution >= 0.6 is 0 Å². The first-order chi connectivity index (χ1) is 12.8. The van der Waals surface area contributed by atoms with E-state index in [4.69, 9.17) is 4.84 Å². The Morgan fingerprint density at radius 1 is 1.37 bits per heavy atom. The summed E-state index contributed by atoms with van der Waals surface area (Å²) < 4.78 is 40.4. The Balaban J connectivity index is 2.36. The lowest BCUT2D eigenvalue weighted by Crippen LogP contribution is -2.26. The summed E-state index contributed by atoms with van der Waals surface area (Å²) in [5.41, 5.74) is 1.39. The monoisotopic (exact) mass is 382 g/mol. The minimum atomic E-state index is -4.74. The first-order valence-corrected chi connectivity index (χ1v) is 8.06. The summed E-state index contributed by atoms with van der Waals surface area (Å²) >= 11 is 0. The molecular formula is C19H21F3N2O3. The molecule has 1 rings (SSSR count). The Bertz CT molecular complexity index is 710. The second kappa shape index (κ2) is 11.6. The van der Waals surface area contributed by atoms with Gasteiger partial charge in [0.2, 0.25) is 0 Å². The number of halogens is 3. The summed E-state index contributed by atoms with van der Waals surface area (Å²) in [5.74, 6) is -0.777. The molecule has 0 saturated heterocycles. The van der Waals surface area contributed by atoms with E-state index in [0.29, 0.717) is 12.0 Å². The van der Waals surface area contributed by atoms with Crippen molar-refractivity contribution < 1.29 is 27.5 Å². The van der Waals surface area contributed by atoms with Gasteiger partial charge < -0.3 is 14.9 Å². The number of rotatable bonds is 10. The third-order valence-electron chi connectivity index (χ3n) is 3.09. The molecule has 0 aliphatic carbocycles. The van der Waals surface area contributed by atoms with Crippen LogP contribution in [0.2, 0.25) is 0 Å². The van der Waals surface area contributed by atoms with Crippen LogP contribution in [-0.2, 0) is 16.1 Å². The molecule has 0 fully saturated rings. The van der Waals surface area contributed by atoms with E-state index >= 15 is 0 Å². The second-order valence-electron chi connectivity index (χ2n) is 5.22. The topological polar surface area (TPSA) is 59.9 Å². The van der Waals surface area contributed by atoms with Crippen LogP contribution in [-0.4, -0.2) is 31.6 Å². The van der Waals surface area contributed by atoms with Crippen molar-refractivity contribution >= 4 is 12.1 Å². The number of ether oxygens (including phenoxy) is 1. The maximum absolute atomic E-state index is 12.2. The minimum absolute atomic E-state index is 0.170. The lowest BCUT2D eigenvalue weighted by atomic mass is 10.1. The first-order valence-electron chi connectivity index (χ1n) is 8.06. The lowest BCUT2D eigenvalue weighted by molar-refractivity contribution is -0.274. The van der Waals surface area contributed by atoms with Gasteiger partial charge in [0, 0.05) is 6.54 Å². The molecule has 0 saturated carbocycles. The number of amides is 1. The van der Waals surface area contributed by atoms with Gasteiger partial charge in [-0.2, -0.15) is 0 Å². The van der Waals surface area contributed by atoms with Gasteiger partial charge >= 0.3 is 6.36 Å². The quantitative estimate of drug-likeness (QED) is 0.379. The highest BCUT2D eigenvalue weighted by molar-refractivity contribution is 6.26. The molecule has 0 radical (unpaired) electrons. The highest BCUT2D eigenvalue weighted by Gasteiger charge is 2.31. The number of benzene rings is 1. The highest BCUT2D eigenvalue weighted by Crippen LogP contribution is 2.23. The molecule has 0 spiro atoms. The molecule has 0 aromatic heterocycles. The van der Waals surface area contributed by atoms with Crippen molar-refractivity contribution in [3.8, 4) is 5.75 Å². The molecule has 1 amide bonds. The van der Waals surface area contributed by atoms with Crippen LogP contribution in [0, 0.1) is 0 Å². The molecule has 0 unspecified atom stereocenters. The van der Waals surface area contributed by atoms with Gasteiger partial charge in [0.25, 0.3) is 5.91 Å². The summed E-state index contributed by atoms with van der Waals surface area (Å²) in [4.78, 5) is 16.6. The summed E-state index contributed by atoms with van der Waals surface area (Å²) in [6, 6.07) is 5.57. The van der Waals surface area contributed by atoms with Gasteiger partial charge in [0.15, 0.2) is 0 Å². The van der Waals surface area contributed by atoms with Crippen LogP contribution in [0.5, 0.6) is 5.75 Å². The third-order valence-corrected chi connectivity index (χ3v) is 3.09. The largest absolute Gasteiger partial charge is 0.573 e. The zero-order valence-corrected chi connectivity index (χ0v) is 14.8. The van der Waals surface area contributed by atoms with Crippen molar-refractivity contribution in [2.45, 2.75) is 19.7 Å². The first kappa shape index (κ1) is 22.0. The number of oxime groups is 1. The summed E-state index contributed by atoms with van der Waals surface area (Å²) in [7, 11) is 0. The Kier molecular flexibility index (Phi) is 9.42. The molecular weight excluding hydrogens is 361 g/mol. The average Bonchev–Trinajstić information content (AvgIpc) is 2.60. The second-order valence-corrected chi connectivity index (χ2v) is 5.22. The van der Waals surface area contributed by atoms with E-state index in [2.05, 4.69) is 21.8 Å². The SMILES string of the molecule is C=C/C(=C\C=C/C)CO/N=C/C(=O)NCCc1cccc(OC(F)(F)F)c1. The highest BCUT2D eigenvalue weighted by atomic mass is 19.4.